The number of halogens is 3. The third-order valence-corrected chi connectivity index (χ3v) is 16.5. The van der Waals surface area contributed by atoms with Crippen LogP contribution in [0.5, 0.6) is 17.2 Å². The minimum Gasteiger partial charge on any atom is -0.507 e. The van der Waals surface area contributed by atoms with Crippen molar-refractivity contribution in [2.24, 2.45) is 0 Å². The van der Waals surface area contributed by atoms with Crippen molar-refractivity contribution in [2.45, 2.75) is 88.0 Å². The number of hydrogen-bond donors (Lipinski definition) is 7. The molecule has 380 valence electrons. The summed E-state index contributed by atoms with van der Waals surface area (Å²) < 4.78 is 52.2. The Morgan fingerprint density at radius 2 is 1.06 bits per heavy atom. The van der Waals surface area contributed by atoms with E-state index in [2.05, 4.69) is 31.2 Å². The number of rotatable bonds is 15. The van der Waals surface area contributed by atoms with Crippen molar-refractivity contribution >= 4 is 101 Å². The van der Waals surface area contributed by atoms with Gasteiger partial charge in [0.15, 0.2) is 19.7 Å². The van der Waals surface area contributed by atoms with Crippen molar-refractivity contribution in [1.29, 1.82) is 0 Å². The zero-order chi connectivity index (χ0) is 53.4. The molecular weight excluding hydrogens is 1030 g/mol. The second kappa shape index (κ2) is 23.6. The van der Waals surface area contributed by atoms with Gasteiger partial charge in [0.25, 0.3) is 11.8 Å². The second-order valence-electron chi connectivity index (χ2n) is 16.3. The quantitative estimate of drug-likeness (QED) is 0.0472. The number of carbonyl (C=O) groups excluding carboxylic acids is 4. The molecular formula is C50H51Cl3N6O11S2. The first-order valence-corrected chi connectivity index (χ1v) is 26.3. The van der Waals surface area contributed by atoms with Crippen LogP contribution in [0, 0.1) is 27.7 Å². The molecule has 0 radical (unpaired) electrons. The lowest BCUT2D eigenvalue weighted by atomic mass is 10.1. The molecule has 22 heteroatoms. The molecule has 6 aromatic rings. The Bertz CT molecular complexity index is 3300. The van der Waals surface area contributed by atoms with E-state index < -0.39 is 59.6 Å². The molecule has 2 atom stereocenters. The first-order chi connectivity index (χ1) is 33.8. The number of amides is 4. The fraction of sp³-hybridized carbons (Fsp3) is 0.240. The van der Waals surface area contributed by atoms with Gasteiger partial charge in [-0.25, -0.2) is 16.8 Å². The van der Waals surface area contributed by atoms with Gasteiger partial charge in [-0.15, -0.1) is 0 Å². The number of carbonyl (C=O) groups is 4. The number of aromatic nitrogens is 2. The molecule has 2 aromatic heterocycles. The van der Waals surface area contributed by atoms with Crippen LogP contribution in [0.15, 0.2) is 101 Å². The highest BCUT2D eigenvalue weighted by atomic mass is 35.5. The van der Waals surface area contributed by atoms with Crippen LogP contribution in [-0.2, 0) is 35.7 Å². The molecule has 0 aliphatic heterocycles. The van der Waals surface area contributed by atoms with Crippen LogP contribution >= 0.6 is 34.8 Å². The summed E-state index contributed by atoms with van der Waals surface area (Å²) in [6.07, 6.45) is 3.07. The van der Waals surface area contributed by atoms with Crippen LogP contribution in [0.3, 0.4) is 0 Å². The molecule has 72 heavy (non-hydrogen) atoms. The molecule has 0 fully saturated rings. The van der Waals surface area contributed by atoms with Gasteiger partial charge >= 0.3 is 0 Å². The molecule has 0 saturated carbocycles. The first-order valence-electron chi connectivity index (χ1n) is 22.0. The molecule has 2 heterocycles. The second-order valence-corrected chi connectivity index (χ2v) is 21.9. The van der Waals surface area contributed by atoms with E-state index in [4.69, 9.17) is 34.8 Å². The smallest absolute Gasteiger partial charge is 0.259 e. The number of aryl methyl sites for hydroxylation is 5. The SMILES string of the molecule is CCC(C(=O)Nc1cc(O)c(NC(=O)c2ccc(Cl)cc2C)cc1Cl)S(=O)(=O)c1cnc(C)c(C)c1.CCc1ccc(O)c(C(=O)Nc2cc(Cl)c(NC(=O)C(CC)S(=O)(=O)c3ccc(C)nc3)cc2O)c1. The Balaban J connectivity index is 0.000000267. The van der Waals surface area contributed by atoms with Crippen molar-refractivity contribution in [3.63, 3.8) is 0 Å². The predicted molar refractivity (Wildman–Crippen MR) is 278 cm³/mol. The van der Waals surface area contributed by atoms with E-state index in [9.17, 15) is 51.3 Å². The molecule has 17 nitrogen and oxygen atoms in total. The van der Waals surface area contributed by atoms with Gasteiger partial charge in [0.2, 0.25) is 11.8 Å². The number of phenolic OH excluding ortho intramolecular Hbond substituents is 3. The zero-order valence-electron chi connectivity index (χ0n) is 39.9. The first kappa shape index (κ1) is 56.1. The molecule has 2 unspecified atom stereocenters. The molecule has 4 amide bonds. The van der Waals surface area contributed by atoms with Crippen LogP contribution in [-0.4, -0.2) is 76.3 Å². The summed E-state index contributed by atoms with van der Waals surface area (Å²) in [6.45, 7) is 12.0. The maximum Gasteiger partial charge on any atom is 0.259 e. The molecule has 6 rings (SSSR count). The van der Waals surface area contributed by atoms with E-state index in [0.717, 1.165) is 17.7 Å². The number of benzene rings is 4. The van der Waals surface area contributed by atoms with Crippen LogP contribution in [0.1, 0.15) is 82.4 Å². The highest BCUT2D eigenvalue weighted by molar-refractivity contribution is 7.93. The van der Waals surface area contributed by atoms with Crippen molar-refractivity contribution in [3.8, 4) is 17.2 Å². The van der Waals surface area contributed by atoms with Crippen LogP contribution in [0.2, 0.25) is 15.1 Å². The number of nitrogens with one attached hydrogen (secondary N) is 4. The minimum atomic E-state index is -4.04. The Morgan fingerprint density at radius 3 is 1.53 bits per heavy atom. The summed E-state index contributed by atoms with van der Waals surface area (Å²) in [7, 11) is -8.08. The van der Waals surface area contributed by atoms with Gasteiger partial charge in [-0.2, -0.15) is 0 Å². The lowest BCUT2D eigenvalue weighted by Crippen LogP contribution is -2.35. The van der Waals surface area contributed by atoms with Crippen LogP contribution < -0.4 is 21.3 Å². The summed E-state index contributed by atoms with van der Waals surface area (Å²) >= 11 is 18.5. The highest BCUT2D eigenvalue weighted by Crippen LogP contribution is 2.37. The van der Waals surface area contributed by atoms with E-state index in [-0.39, 0.29) is 72.5 Å². The van der Waals surface area contributed by atoms with Crippen molar-refractivity contribution in [1.82, 2.24) is 9.97 Å². The van der Waals surface area contributed by atoms with Crippen molar-refractivity contribution < 1.29 is 51.3 Å². The van der Waals surface area contributed by atoms with E-state index in [1.165, 1.54) is 54.9 Å². The number of hydrogen-bond acceptors (Lipinski definition) is 13. The van der Waals surface area contributed by atoms with Gasteiger partial charge in [0.1, 0.15) is 27.7 Å². The Morgan fingerprint density at radius 1 is 0.542 bits per heavy atom. The number of sulfone groups is 2. The maximum absolute atomic E-state index is 13.1. The average Bonchev–Trinajstić information content (AvgIpc) is 3.31. The maximum atomic E-state index is 13.1. The lowest BCUT2D eigenvalue weighted by Gasteiger charge is -2.18. The molecule has 4 aromatic carbocycles. The monoisotopic (exact) mass is 1080 g/mol. The van der Waals surface area contributed by atoms with Gasteiger partial charge in [-0.05, 0) is 124 Å². The highest BCUT2D eigenvalue weighted by Gasteiger charge is 2.35. The number of phenols is 3. The van der Waals surface area contributed by atoms with Crippen molar-refractivity contribution in [2.75, 3.05) is 21.3 Å². The fourth-order valence-electron chi connectivity index (χ4n) is 7.00. The third-order valence-electron chi connectivity index (χ3n) is 11.3. The molecule has 0 aliphatic carbocycles. The van der Waals surface area contributed by atoms with Crippen molar-refractivity contribution in [3.05, 3.63) is 146 Å². The number of pyridine rings is 2. The Hall–Kier alpha value is -6.77. The van der Waals surface area contributed by atoms with E-state index in [0.29, 0.717) is 39.5 Å². The molecule has 7 N–H and O–H groups in total. The summed E-state index contributed by atoms with van der Waals surface area (Å²) in [5.41, 5.74) is 3.75. The van der Waals surface area contributed by atoms with E-state index >= 15 is 0 Å². The van der Waals surface area contributed by atoms with E-state index in [1.807, 2.05) is 6.92 Å². The summed E-state index contributed by atoms with van der Waals surface area (Å²) in [6, 6.07) is 18.5. The average molecular weight is 1080 g/mol. The largest absolute Gasteiger partial charge is 0.507 e. The summed E-state index contributed by atoms with van der Waals surface area (Å²) in [4.78, 5) is 59.1. The molecule has 0 aliphatic rings. The number of aromatic hydroxyl groups is 3. The van der Waals surface area contributed by atoms with Gasteiger partial charge in [0.05, 0.1) is 48.1 Å². The Labute approximate surface area is 431 Å². The van der Waals surface area contributed by atoms with E-state index in [1.54, 1.807) is 65.8 Å². The van der Waals surface area contributed by atoms with Gasteiger partial charge in [-0.1, -0.05) is 61.6 Å². The molecule has 0 saturated heterocycles. The minimum absolute atomic E-state index is 0.000718. The normalized spacial score (nSPS) is 12.1. The fourth-order valence-corrected chi connectivity index (χ4v) is 10.9. The molecule has 0 spiro atoms. The number of nitrogens with zero attached hydrogens (tertiary/aromatic N) is 2. The summed E-state index contributed by atoms with van der Waals surface area (Å²) in [5.74, 6) is -3.84. The third kappa shape index (κ3) is 13.2. The van der Waals surface area contributed by atoms with Crippen LogP contribution in [0.25, 0.3) is 0 Å². The lowest BCUT2D eigenvalue weighted by molar-refractivity contribution is -0.116. The zero-order valence-corrected chi connectivity index (χ0v) is 43.8. The van der Waals surface area contributed by atoms with Gasteiger partial charge < -0.3 is 36.6 Å². The standard InChI is InChI=1S/C25H25Cl2N3O5S.C25H26ClN3O6S/c1-5-23(36(34,35)17-9-13(2)15(4)28-12-17)25(33)29-20-11-22(31)21(10-19(20)27)30-24(32)18-7-6-16(26)8-14(18)3;1-4-15-7-9-21(30)17(10-15)24(32)29-20-11-18(26)19(12-22(20)31)28-25(33)23(5-2)36(34,35)16-8-6-14(3)27-13-16/h6-12,23,31H,5H2,1-4H3,(H,29,33)(H,30,32);6-13,23,30-31H,4-5H2,1-3H3,(H,28,33)(H,29,32). The number of anilines is 4. The Kier molecular flexibility index (Phi) is 18.4. The molecule has 0 bridgehead atoms. The van der Waals surface area contributed by atoms with Gasteiger partial charge in [0, 0.05) is 46.5 Å². The predicted octanol–water partition coefficient (Wildman–Crippen LogP) is 9.92. The topological polar surface area (TPSA) is 271 Å². The van der Waals surface area contributed by atoms with Crippen LogP contribution in [0.4, 0.5) is 22.7 Å². The van der Waals surface area contributed by atoms with Gasteiger partial charge in [-0.3, -0.25) is 29.1 Å². The summed E-state index contributed by atoms with van der Waals surface area (Å²) in [5, 5.41) is 38.5.